The van der Waals surface area contributed by atoms with E-state index in [1.54, 1.807) is 0 Å². The van der Waals surface area contributed by atoms with Crippen molar-refractivity contribution in [3.05, 3.63) is 181 Å². The molecule has 64 heavy (non-hydrogen) atoms. The quantitative estimate of drug-likeness (QED) is 0.0371. The van der Waals surface area contributed by atoms with Gasteiger partial charge in [0.2, 0.25) is 5.36 Å². The molecule has 3 heterocycles. The minimum absolute atomic E-state index is 0.0770. The highest BCUT2D eigenvalue weighted by atomic mass is 16.6. The highest BCUT2D eigenvalue weighted by Crippen LogP contribution is 2.42. The zero-order valence-electron chi connectivity index (χ0n) is 37.3. The van der Waals surface area contributed by atoms with Gasteiger partial charge in [-0.1, -0.05) is 54.6 Å². The average Bonchev–Trinajstić information content (AvgIpc) is 3.34. The van der Waals surface area contributed by atoms with Crippen LogP contribution in [0.25, 0.3) is 44.5 Å². The highest BCUT2D eigenvalue weighted by Gasteiger charge is 2.23. The van der Waals surface area contributed by atoms with Crippen LogP contribution in [0.4, 0.5) is 5.69 Å². The van der Waals surface area contributed by atoms with E-state index >= 15 is 0 Å². The number of benzene rings is 5. The van der Waals surface area contributed by atoms with Gasteiger partial charge in [-0.3, -0.25) is 0 Å². The molecule has 8 rings (SSSR count). The van der Waals surface area contributed by atoms with Crippen LogP contribution in [0.15, 0.2) is 169 Å². The Labute approximate surface area is 376 Å². The number of carbonyl (C=O) groups is 1. The molecular weight excluding hydrogens is 797 g/mol. The largest absolute Gasteiger partial charge is 0.490 e. The fourth-order valence-electron chi connectivity index (χ4n) is 8.25. The van der Waals surface area contributed by atoms with Gasteiger partial charge < -0.3 is 23.5 Å². The van der Waals surface area contributed by atoms with E-state index in [4.69, 9.17) is 18.6 Å². The van der Waals surface area contributed by atoms with E-state index in [1.165, 1.54) is 11.1 Å². The van der Waals surface area contributed by atoms with Crippen molar-refractivity contribution in [1.29, 1.82) is 0 Å². The third-order valence-corrected chi connectivity index (χ3v) is 11.7. The molecule has 0 fully saturated rings. The summed E-state index contributed by atoms with van der Waals surface area (Å²) in [6, 6.07) is 46.9. The molecule has 9 nitrogen and oxygen atoms in total. The first kappa shape index (κ1) is 43.4. The summed E-state index contributed by atoms with van der Waals surface area (Å²) in [4.78, 5) is 16.2. The maximum Gasteiger partial charge on any atom is 0.338 e. The molecule has 6 aromatic rings. The fraction of sp³-hybridized carbons (Fsp3) is 0.236. The van der Waals surface area contributed by atoms with Crippen molar-refractivity contribution in [3.63, 3.8) is 0 Å². The highest BCUT2D eigenvalue weighted by molar-refractivity contribution is 6.08. The lowest BCUT2D eigenvalue weighted by atomic mass is 9.90. The first-order valence-corrected chi connectivity index (χ1v) is 22.4. The summed E-state index contributed by atoms with van der Waals surface area (Å²) < 4.78 is 31.3. The number of aromatic nitrogens is 2. The lowest BCUT2D eigenvalue weighted by Crippen LogP contribution is -2.35. The Kier molecular flexibility index (Phi) is 14.1. The van der Waals surface area contributed by atoms with Gasteiger partial charge in [-0.05, 0) is 80.8 Å². The second-order valence-corrected chi connectivity index (χ2v) is 15.6. The number of hydrogen-bond acceptors (Lipinski definition) is 6. The van der Waals surface area contributed by atoms with Gasteiger partial charge in [0.1, 0.15) is 55.8 Å². The SMILES string of the molecule is CCN(CC)c1ccc2c(-c3ccccc3C(=O)OCCOc3cccc(OCC[n+]4ccc(-c5cc[n+](Cc6ccccc6)cc5)cc4)c3)c3ccc(=[N+](CC)CC)cc-3oc2c1. The lowest BCUT2D eigenvalue weighted by molar-refractivity contribution is -0.697. The summed E-state index contributed by atoms with van der Waals surface area (Å²) in [7, 11) is 0. The van der Waals surface area contributed by atoms with Crippen LogP contribution in [-0.4, -0.2) is 52.0 Å². The Bertz CT molecular complexity index is 2850. The van der Waals surface area contributed by atoms with Gasteiger partial charge in [0.25, 0.3) is 0 Å². The van der Waals surface area contributed by atoms with E-state index in [9.17, 15) is 4.79 Å². The Morgan fingerprint density at radius 3 is 2.00 bits per heavy atom. The van der Waals surface area contributed by atoms with Crippen molar-refractivity contribution in [1.82, 2.24) is 4.58 Å². The molecule has 0 N–H and O–H groups in total. The molecule has 9 heteroatoms. The zero-order chi connectivity index (χ0) is 44.3. The molecule has 2 aliphatic rings. The molecular formula is C55H57N4O5+3. The van der Waals surface area contributed by atoms with Crippen LogP contribution in [0, 0.1) is 0 Å². The fourth-order valence-corrected chi connectivity index (χ4v) is 8.25. The number of anilines is 1. The Morgan fingerprint density at radius 2 is 1.30 bits per heavy atom. The van der Waals surface area contributed by atoms with Gasteiger partial charge in [-0.2, -0.15) is 0 Å². The number of ether oxygens (including phenoxy) is 3. The van der Waals surface area contributed by atoms with Crippen LogP contribution >= 0.6 is 0 Å². The van der Waals surface area contributed by atoms with Gasteiger partial charge in [0, 0.05) is 83.3 Å². The lowest BCUT2D eigenvalue weighted by Gasteiger charge is -2.22. The first-order valence-electron chi connectivity index (χ1n) is 22.4. The molecule has 2 aromatic heterocycles. The molecule has 0 bridgehead atoms. The smallest absolute Gasteiger partial charge is 0.338 e. The molecule has 0 saturated heterocycles. The van der Waals surface area contributed by atoms with Crippen molar-refractivity contribution in [3.8, 4) is 45.1 Å². The minimum Gasteiger partial charge on any atom is -0.490 e. The van der Waals surface area contributed by atoms with Crippen molar-refractivity contribution in [2.24, 2.45) is 0 Å². The summed E-state index contributed by atoms with van der Waals surface area (Å²) in [5, 5.41) is 2.02. The van der Waals surface area contributed by atoms with Gasteiger partial charge in [-0.15, -0.1) is 0 Å². The number of nitrogens with zero attached hydrogens (tertiary/aromatic N) is 4. The topological polar surface area (TPSA) is 71.9 Å². The maximum absolute atomic E-state index is 13.9. The van der Waals surface area contributed by atoms with Gasteiger partial charge in [-0.25, -0.2) is 18.5 Å². The molecule has 4 aromatic carbocycles. The molecule has 324 valence electrons. The molecule has 0 atom stereocenters. The van der Waals surface area contributed by atoms with Gasteiger partial charge in [0.15, 0.2) is 37.9 Å². The van der Waals surface area contributed by atoms with Crippen LogP contribution in [0.3, 0.4) is 0 Å². The summed E-state index contributed by atoms with van der Waals surface area (Å²) >= 11 is 0. The molecule has 1 aliphatic heterocycles. The zero-order valence-corrected chi connectivity index (χ0v) is 37.3. The first-order chi connectivity index (χ1) is 31.4. The summed E-state index contributed by atoms with van der Waals surface area (Å²) in [6.07, 6.45) is 8.40. The Morgan fingerprint density at radius 1 is 0.625 bits per heavy atom. The van der Waals surface area contributed by atoms with Gasteiger partial charge >= 0.3 is 5.97 Å². The predicted octanol–water partition coefficient (Wildman–Crippen LogP) is 9.47. The van der Waals surface area contributed by atoms with Gasteiger partial charge in [0.05, 0.1) is 11.6 Å². The van der Waals surface area contributed by atoms with E-state index in [-0.39, 0.29) is 13.2 Å². The van der Waals surface area contributed by atoms with E-state index in [1.807, 2.05) is 54.6 Å². The third-order valence-electron chi connectivity index (χ3n) is 11.7. The Balaban J connectivity index is 0.891. The molecule has 0 saturated carbocycles. The summed E-state index contributed by atoms with van der Waals surface area (Å²) in [5.41, 5.74) is 8.58. The molecule has 0 spiro atoms. The predicted molar refractivity (Wildman–Crippen MR) is 254 cm³/mol. The van der Waals surface area contributed by atoms with E-state index < -0.39 is 5.97 Å². The van der Waals surface area contributed by atoms with E-state index in [2.05, 4.69) is 156 Å². The normalized spacial score (nSPS) is 11.1. The van der Waals surface area contributed by atoms with Crippen molar-refractivity contribution in [2.75, 3.05) is 50.9 Å². The minimum atomic E-state index is -0.417. The molecule has 0 radical (unpaired) electrons. The van der Waals surface area contributed by atoms with E-state index in [0.717, 1.165) is 82.8 Å². The standard InChI is InChI=1S/C55H57N4O5/c1-5-58(6-2)44-21-23-50-52(37-44)64-53-38-45(59(7-3)8-4)22-24-51(53)54(50)48-19-12-13-20-49(48)55(60)63-36-35-62-47-18-14-17-46(39-47)61-34-33-56-29-25-42(26-30-56)43-27-31-57(32-28-43)40-41-15-10-9-11-16-41/h9-32,37-39H,5-8,33-36,40H2,1-4H3/q+3. The van der Waals surface area contributed by atoms with Crippen LogP contribution in [0.5, 0.6) is 11.5 Å². The third kappa shape index (κ3) is 10.2. The number of carbonyl (C=O) groups excluding carboxylic acids is 1. The Hall–Kier alpha value is -7.26. The van der Waals surface area contributed by atoms with Crippen LogP contribution in [0.1, 0.15) is 43.6 Å². The molecule has 1 aliphatic carbocycles. The summed E-state index contributed by atoms with van der Waals surface area (Å²) in [6.45, 7) is 14.4. The van der Waals surface area contributed by atoms with Crippen molar-refractivity contribution in [2.45, 2.75) is 40.8 Å². The van der Waals surface area contributed by atoms with E-state index in [0.29, 0.717) is 30.2 Å². The molecule has 0 amide bonds. The maximum atomic E-state index is 13.9. The number of fused-ring (bicyclic) bond motifs is 2. The van der Waals surface area contributed by atoms with Crippen molar-refractivity contribution >= 4 is 22.6 Å². The second kappa shape index (κ2) is 20.7. The second-order valence-electron chi connectivity index (χ2n) is 15.6. The number of hydrogen-bond donors (Lipinski definition) is 0. The monoisotopic (exact) mass is 853 g/mol. The average molecular weight is 854 g/mol. The van der Waals surface area contributed by atoms with Crippen LogP contribution < -0.4 is 33.4 Å². The van der Waals surface area contributed by atoms with Crippen molar-refractivity contribution < 1.29 is 32.6 Å². The number of pyridine rings is 2. The number of rotatable bonds is 18. The van der Waals surface area contributed by atoms with Crippen LogP contribution in [0.2, 0.25) is 0 Å². The summed E-state index contributed by atoms with van der Waals surface area (Å²) in [5.74, 6) is 1.68. The molecule has 0 unspecified atom stereocenters. The van der Waals surface area contributed by atoms with Crippen LogP contribution in [-0.2, 0) is 17.8 Å². The number of esters is 1.